The number of hydrogen-bond acceptors (Lipinski definition) is 8. The quantitative estimate of drug-likeness (QED) is 0.395. The molecule has 1 aromatic carbocycles. The fourth-order valence-electron chi connectivity index (χ4n) is 3.03. The van der Waals surface area contributed by atoms with Gasteiger partial charge in [-0.05, 0) is 29.7 Å². The number of halogens is 1. The van der Waals surface area contributed by atoms with Crippen molar-refractivity contribution in [2.24, 2.45) is 0 Å². The van der Waals surface area contributed by atoms with Crippen LogP contribution in [0.4, 0.5) is 0 Å². The molecule has 1 aliphatic rings. The number of nitrogens with zero attached hydrogens (tertiary/aromatic N) is 1. The number of carbonyl (C=O) groups excluding carboxylic acids is 1. The van der Waals surface area contributed by atoms with Gasteiger partial charge < -0.3 is 19.3 Å². The van der Waals surface area contributed by atoms with Crippen molar-refractivity contribution in [3.63, 3.8) is 0 Å². The first-order valence-electron chi connectivity index (χ1n) is 8.11. The van der Waals surface area contributed by atoms with Crippen molar-refractivity contribution in [2.45, 2.75) is 19.0 Å². The minimum Gasteiger partial charge on any atom is -0.468 e. The van der Waals surface area contributed by atoms with Gasteiger partial charge in [-0.15, -0.1) is 11.3 Å². The predicted octanol–water partition coefficient (Wildman–Crippen LogP) is 3.24. The largest absolute Gasteiger partial charge is 0.468 e. The Hall–Kier alpha value is -1.25. The molecule has 0 aliphatic carbocycles. The number of thiophene rings is 1. The third-order valence-electron chi connectivity index (χ3n) is 4.23. The van der Waals surface area contributed by atoms with Gasteiger partial charge in [0.15, 0.2) is 11.9 Å². The molecule has 2 N–H and O–H groups in total. The first kappa shape index (κ1) is 20.5. The van der Waals surface area contributed by atoms with Gasteiger partial charge in [-0.3, -0.25) is 9.42 Å². The number of esters is 1. The predicted molar refractivity (Wildman–Crippen MR) is 103 cm³/mol. The Morgan fingerprint density at radius 1 is 1.41 bits per heavy atom. The van der Waals surface area contributed by atoms with E-state index in [0.29, 0.717) is 28.7 Å². The Balaban J connectivity index is 1.77. The second-order valence-corrected chi connectivity index (χ2v) is 8.10. The number of hydrogen-bond donors (Lipinski definition) is 2. The van der Waals surface area contributed by atoms with Crippen molar-refractivity contribution in [3.05, 3.63) is 51.4 Å². The summed E-state index contributed by atoms with van der Waals surface area (Å²) >= 11 is 7.81. The van der Waals surface area contributed by atoms with E-state index in [9.17, 15) is 4.79 Å². The number of fused-ring (bicyclic) bond motifs is 1. The highest BCUT2D eigenvalue weighted by atomic mass is 35.5. The molecular formula is C17H19ClNO6PS. The summed E-state index contributed by atoms with van der Waals surface area (Å²) in [4.78, 5) is 33.2. The third-order valence-corrected chi connectivity index (χ3v) is 6.06. The number of ether oxygens (including phenoxy) is 2. The van der Waals surface area contributed by atoms with Gasteiger partial charge >= 0.3 is 14.6 Å². The smallest absolute Gasteiger partial charge is 0.330 e. The molecule has 2 heterocycles. The minimum absolute atomic E-state index is 0.230. The molecule has 3 rings (SSSR count). The van der Waals surface area contributed by atoms with Crippen LogP contribution >= 0.6 is 31.5 Å². The van der Waals surface area contributed by atoms with Crippen LogP contribution in [0.15, 0.2) is 30.3 Å². The van der Waals surface area contributed by atoms with Crippen LogP contribution < -0.4 is 4.74 Å². The first-order chi connectivity index (χ1) is 13.0. The van der Waals surface area contributed by atoms with E-state index >= 15 is 0 Å². The molecule has 0 amide bonds. The van der Waals surface area contributed by atoms with E-state index in [0.717, 1.165) is 12.0 Å². The highest BCUT2D eigenvalue weighted by Gasteiger charge is 2.33. The van der Waals surface area contributed by atoms with Crippen LogP contribution in [0.1, 0.15) is 22.0 Å². The molecule has 0 saturated heterocycles. The Morgan fingerprint density at radius 3 is 2.89 bits per heavy atom. The summed E-state index contributed by atoms with van der Waals surface area (Å²) in [5, 5.41) is 1.15. The highest BCUT2D eigenvalue weighted by Crippen LogP contribution is 2.38. The fourth-order valence-corrected chi connectivity index (χ4v) is 4.42. The molecule has 146 valence electrons. The average Bonchev–Trinajstić information content (AvgIpc) is 3.05. The monoisotopic (exact) mass is 431 g/mol. The molecule has 2 aromatic rings. The van der Waals surface area contributed by atoms with Gasteiger partial charge in [0, 0.05) is 23.0 Å². The van der Waals surface area contributed by atoms with Gasteiger partial charge in [0.05, 0.1) is 7.11 Å². The molecule has 0 fully saturated rings. The Morgan fingerprint density at radius 2 is 2.19 bits per heavy atom. The number of benzene rings is 1. The fraction of sp³-hybridized carbons (Fsp3) is 0.353. The van der Waals surface area contributed by atoms with E-state index < -0.39 is 14.6 Å². The average molecular weight is 432 g/mol. The molecule has 27 heavy (non-hydrogen) atoms. The number of carbonyl (C=O) groups is 1. The lowest BCUT2D eigenvalue weighted by Gasteiger charge is -2.33. The highest BCUT2D eigenvalue weighted by molar-refractivity contribution is 7.39. The van der Waals surface area contributed by atoms with E-state index in [-0.39, 0.29) is 12.8 Å². The molecule has 1 aliphatic heterocycles. The van der Waals surface area contributed by atoms with Gasteiger partial charge in [0.25, 0.3) is 0 Å². The topological polar surface area (TPSA) is 88.5 Å². The van der Waals surface area contributed by atoms with Crippen molar-refractivity contribution >= 4 is 37.5 Å². The number of rotatable bonds is 7. The molecule has 0 spiro atoms. The maximum Gasteiger partial charge on any atom is 0.330 e. The van der Waals surface area contributed by atoms with Gasteiger partial charge in [-0.2, -0.15) is 0 Å². The van der Waals surface area contributed by atoms with Crippen LogP contribution in [0, 0.1) is 0 Å². The van der Waals surface area contributed by atoms with E-state index in [1.165, 1.54) is 23.3 Å². The van der Waals surface area contributed by atoms with Crippen LogP contribution in [0.5, 0.6) is 5.06 Å². The van der Waals surface area contributed by atoms with Crippen LogP contribution in [0.3, 0.4) is 0 Å². The van der Waals surface area contributed by atoms with E-state index in [2.05, 4.69) is 4.52 Å². The van der Waals surface area contributed by atoms with E-state index in [1.807, 2.05) is 29.2 Å². The maximum absolute atomic E-state index is 12.5. The van der Waals surface area contributed by atoms with Crippen molar-refractivity contribution < 1.29 is 28.6 Å². The van der Waals surface area contributed by atoms with Crippen LogP contribution in [0.25, 0.3) is 0 Å². The molecule has 0 saturated carbocycles. The summed E-state index contributed by atoms with van der Waals surface area (Å²) in [6.45, 7) is 0.993. The van der Waals surface area contributed by atoms with Crippen molar-refractivity contribution in [3.8, 4) is 5.06 Å². The Labute approximate surface area is 167 Å². The molecule has 0 bridgehead atoms. The zero-order chi connectivity index (χ0) is 19.4. The zero-order valence-electron chi connectivity index (χ0n) is 14.5. The van der Waals surface area contributed by atoms with Crippen LogP contribution in [-0.2, 0) is 27.0 Å². The lowest BCUT2D eigenvalue weighted by molar-refractivity contribution is -0.147. The van der Waals surface area contributed by atoms with Gasteiger partial charge in [0.1, 0.15) is 6.04 Å². The van der Waals surface area contributed by atoms with Gasteiger partial charge in [0.2, 0.25) is 0 Å². The molecule has 10 heteroatoms. The Bertz CT molecular complexity index is 801. The Kier molecular flexibility index (Phi) is 7.05. The second kappa shape index (κ2) is 9.30. The SMILES string of the molecule is COC(=O)C(c1ccccc1Cl)N1CCc2sc(OCOP(O)O)cc2C1. The van der Waals surface area contributed by atoms with Crippen molar-refractivity contribution in [1.29, 1.82) is 0 Å². The molecule has 1 atom stereocenters. The molecule has 0 radical (unpaired) electrons. The maximum atomic E-state index is 12.5. The van der Waals surface area contributed by atoms with Gasteiger partial charge in [-0.25, -0.2) is 4.79 Å². The standard InChI is InChI=1S/C17H19ClNO6PS/c1-23-17(20)16(12-4-2-3-5-13(12)18)19-7-6-14-11(9-19)8-15(27-14)24-10-25-26(21)22/h2-5,8,16,21-22H,6-7,9-10H2,1H3. The second-order valence-electron chi connectivity index (χ2n) is 5.83. The minimum atomic E-state index is -2.44. The zero-order valence-corrected chi connectivity index (χ0v) is 17.0. The molecule has 1 aromatic heterocycles. The summed E-state index contributed by atoms with van der Waals surface area (Å²) < 4.78 is 15.0. The summed E-state index contributed by atoms with van der Waals surface area (Å²) in [6.07, 6.45) is 0.759. The van der Waals surface area contributed by atoms with Gasteiger partial charge in [-0.1, -0.05) is 29.8 Å². The van der Waals surface area contributed by atoms with Crippen molar-refractivity contribution in [1.82, 2.24) is 4.90 Å². The summed E-state index contributed by atoms with van der Waals surface area (Å²) in [5.41, 5.74) is 1.77. The van der Waals surface area contributed by atoms with Crippen molar-refractivity contribution in [2.75, 3.05) is 20.4 Å². The van der Waals surface area contributed by atoms with E-state index in [1.54, 1.807) is 6.07 Å². The lowest BCUT2D eigenvalue weighted by Crippen LogP contribution is -2.38. The normalized spacial score (nSPS) is 15.4. The molecule has 7 nitrogen and oxygen atoms in total. The molecular weight excluding hydrogens is 413 g/mol. The van der Waals surface area contributed by atoms with Crippen LogP contribution in [-0.4, -0.2) is 41.1 Å². The summed E-state index contributed by atoms with van der Waals surface area (Å²) in [7, 11) is -1.07. The molecule has 1 unspecified atom stereocenters. The van der Waals surface area contributed by atoms with E-state index in [4.69, 9.17) is 30.9 Å². The van der Waals surface area contributed by atoms with Crippen LogP contribution in [0.2, 0.25) is 5.02 Å². The summed E-state index contributed by atoms with van der Waals surface area (Å²) in [5.74, 6) is -0.356. The summed E-state index contributed by atoms with van der Waals surface area (Å²) in [6, 6.07) is 8.56. The third kappa shape index (κ3) is 4.97. The lowest BCUT2D eigenvalue weighted by atomic mass is 10.0. The number of methoxy groups -OCH3 is 1. The first-order valence-corrected chi connectivity index (χ1v) is 10.5.